The van der Waals surface area contributed by atoms with Gasteiger partial charge in [-0.3, -0.25) is 24.0 Å². The van der Waals surface area contributed by atoms with Crippen LogP contribution in [0.2, 0.25) is 0 Å². The third-order valence-electron chi connectivity index (χ3n) is 7.60. The van der Waals surface area contributed by atoms with E-state index < -0.39 is 0 Å². The van der Waals surface area contributed by atoms with Crippen molar-refractivity contribution >= 4 is 46.1 Å². The molecule has 0 N–H and O–H groups in total. The molecule has 0 bridgehead atoms. The van der Waals surface area contributed by atoms with Crippen molar-refractivity contribution in [2.24, 2.45) is 0 Å². The SMILES string of the molecule is CCCCCCN1C(=O)/C(=C\c2c(C)c(C#N)c(=O)n(CCC)c2N2CCN(Cc3ccccc3)CC2)SC1=S. The Labute approximate surface area is 247 Å². The molecule has 0 spiro atoms. The summed E-state index contributed by atoms with van der Waals surface area (Å²) >= 11 is 6.90. The van der Waals surface area contributed by atoms with Gasteiger partial charge in [0.1, 0.15) is 21.8 Å². The van der Waals surface area contributed by atoms with E-state index in [-0.39, 0.29) is 17.0 Å². The van der Waals surface area contributed by atoms with Crippen LogP contribution >= 0.6 is 24.0 Å². The maximum atomic E-state index is 13.5. The lowest BCUT2D eigenvalue weighted by Gasteiger charge is -2.38. The zero-order valence-electron chi connectivity index (χ0n) is 23.8. The van der Waals surface area contributed by atoms with E-state index in [0.29, 0.717) is 27.9 Å². The van der Waals surface area contributed by atoms with Crippen molar-refractivity contribution in [1.82, 2.24) is 14.4 Å². The number of nitrogens with zero attached hydrogens (tertiary/aromatic N) is 5. The maximum Gasteiger partial charge on any atom is 0.270 e. The number of piperazine rings is 1. The van der Waals surface area contributed by atoms with Gasteiger partial charge in [-0.15, -0.1) is 0 Å². The summed E-state index contributed by atoms with van der Waals surface area (Å²) in [6.07, 6.45) is 6.90. The molecule has 3 heterocycles. The first-order chi connectivity index (χ1) is 19.4. The molecule has 1 aromatic heterocycles. The van der Waals surface area contributed by atoms with Crippen LogP contribution in [0.4, 0.5) is 5.82 Å². The largest absolute Gasteiger partial charge is 0.355 e. The Kier molecular flexibility index (Phi) is 10.6. The Balaban J connectivity index is 1.67. The van der Waals surface area contributed by atoms with Crippen molar-refractivity contribution in [1.29, 1.82) is 5.26 Å². The van der Waals surface area contributed by atoms with Crippen LogP contribution in [-0.2, 0) is 17.9 Å². The molecule has 2 aliphatic rings. The predicted octanol–water partition coefficient (Wildman–Crippen LogP) is 5.54. The summed E-state index contributed by atoms with van der Waals surface area (Å²) in [6, 6.07) is 12.6. The minimum absolute atomic E-state index is 0.0868. The van der Waals surface area contributed by atoms with Gasteiger partial charge in [0.25, 0.3) is 11.5 Å². The second-order valence-corrected chi connectivity index (χ2v) is 12.1. The van der Waals surface area contributed by atoms with Gasteiger partial charge >= 0.3 is 0 Å². The first-order valence-corrected chi connectivity index (χ1v) is 15.6. The summed E-state index contributed by atoms with van der Waals surface area (Å²) in [7, 11) is 0. The zero-order chi connectivity index (χ0) is 28.6. The van der Waals surface area contributed by atoms with E-state index in [4.69, 9.17) is 12.2 Å². The zero-order valence-corrected chi connectivity index (χ0v) is 25.5. The van der Waals surface area contributed by atoms with Gasteiger partial charge in [0.15, 0.2) is 0 Å². The van der Waals surface area contributed by atoms with Crippen LogP contribution in [-0.4, -0.2) is 57.3 Å². The number of anilines is 1. The molecule has 1 aromatic carbocycles. The van der Waals surface area contributed by atoms with E-state index in [1.54, 1.807) is 9.47 Å². The molecule has 2 aromatic rings. The molecule has 0 aliphatic carbocycles. The highest BCUT2D eigenvalue weighted by Crippen LogP contribution is 2.36. The lowest BCUT2D eigenvalue weighted by Crippen LogP contribution is -2.48. The molecule has 0 radical (unpaired) electrons. The fraction of sp³-hybridized carbons (Fsp3) is 0.484. The number of hydrogen-bond donors (Lipinski definition) is 0. The molecule has 4 rings (SSSR count). The van der Waals surface area contributed by atoms with Crippen molar-refractivity contribution in [3.63, 3.8) is 0 Å². The third-order valence-corrected chi connectivity index (χ3v) is 8.98. The summed E-state index contributed by atoms with van der Waals surface area (Å²) in [5, 5.41) is 9.92. The highest BCUT2D eigenvalue weighted by molar-refractivity contribution is 8.26. The molecule has 0 saturated carbocycles. The van der Waals surface area contributed by atoms with Crippen LogP contribution in [0.15, 0.2) is 40.0 Å². The fourth-order valence-electron chi connectivity index (χ4n) is 5.40. The molecule has 1 amide bonds. The van der Waals surface area contributed by atoms with Crippen molar-refractivity contribution in [3.05, 3.63) is 67.8 Å². The van der Waals surface area contributed by atoms with E-state index in [1.807, 2.05) is 26.0 Å². The second-order valence-electron chi connectivity index (χ2n) is 10.4. The number of nitriles is 1. The van der Waals surface area contributed by atoms with Crippen LogP contribution in [0.1, 0.15) is 68.2 Å². The highest BCUT2D eigenvalue weighted by Gasteiger charge is 2.33. The minimum atomic E-state index is -0.260. The topological polar surface area (TPSA) is 72.6 Å². The average molecular weight is 578 g/mol. The fourth-order valence-corrected chi connectivity index (χ4v) is 6.69. The summed E-state index contributed by atoms with van der Waals surface area (Å²) in [6.45, 7) is 11.2. The highest BCUT2D eigenvalue weighted by atomic mass is 32.2. The Morgan fingerprint density at radius 1 is 1.00 bits per heavy atom. The Hall–Kier alpha value is -2.93. The van der Waals surface area contributed by atoms with Gasteiger partial charge in [-0.1, -0.05) is 87.4 Å². The van der Waals surface area contributed by atoms with Crippen LogP contribution < -0.4 is 10.5 Å². The van der Waals surface area contributed by atoms with E-state index in [2.05, 4.69) is 47.1 Å². The average Bonchev–Trinajstić information content (AvgIpc) is 3.22. The Morgan fingerprint density at radius 2 is 1.73 bits per heavy atom. The molecule has 40 heavy (non-hydrogen) atoms. The van der Waals surface area contributed by atoms with Crippen LogP contribution in [0, 0.1) is 18.3 Å². The number of rotatable bonds is 11. The number of hydrogen-bond acceptors (Lipinski definition) is 7. The number of pyridine rings is 1. The lowest BCUT2D eigenvalue weighted by atomic mass is 10.0. The van der Waals surface area contributed by atoms with Gasteiger partial charge in [0.2, 0.25) is 0 Å². The second kappa shape index (κ2) is 14.1. The minimum Gasteiger partial charge on any atom is -0.355 e. The quantitative estimate of drug-likeness (QED) is 0.197. The van der Waals surface area contributed by atoms with Crippen LogP contribution in [0.3, 0.4) is 0 Å². The molecular weight excluding hydrogens is 539 g/mol. The Bertz CT molecular complexity index is 1350. The summed E-state index contributed by atoms with van der Waals surface area (Å²) in [4.78, 5) is 33.9. The first kappa shape index (κ1) is 30.0. The summed E-state index contributed by atoms with van der Waals surface area (Å²) in [5.41, 5.74) is 2.55. The third kappa shape index (κ3) is 6.68. The number of thioether (sulfide) groups is 1. The predicted molar refractivity (Wildman–Crippen MR) is 168 cm³/mol. The van der Waals surface area contributed by atoms with E-state index in [1.165, 1.54) is 17.3 Å². The number of carbonyl (C=O) groups is 1. The number of aromatic nitrogens is 1. The van der Waals surface area contributed by atoms with E-state index in [0.717, 1.165) is 76.2 Å². The van der Waals surface area contributed by atoms with Gasteiger partial charge in [0.05, 0.1) is 4.91 Å². The molecule has 2 fully saturated rings. The molecule has 212 valence electrons. The van der Waals surface area contributed by atoms with Gasteiger partial charge in [-0.2, -0.15) is 5.26 Å². The molecule has 7 nitrogen and oxygen atoms in total. The van der Waals surface area contributed by atoms with Gasteiger partial charge in [-0.05, 0) is 37.0 Å². The number of amides is 1. The summed E-state index contributed by atoms with van der Waals surface area (Å²) < 4.78 is 2.32. The summed E-state index contributed by atoms with van der Waals surface area (Å²) in [5.74, 6) is 0.715. The lowest BCUT2D eigenvalue weighted by molar-refractivity contribution is -0.122. The standard InChI is InChI=1S/C31H39N5O2S2/c1-4-6-7-11-15-36-30(38)27(40-31(36)39)20-25-23(3)26(21-32)29(37)35(14-5-2)28(25)34-18-16-33(17-19-34)22-24-12-9-8-10-13-24/h8-10,12-13,20H,4-7,11,14-19,22H2,1-3H3/b27-20+. The van der Waals surface area contributed by atoms with Crippen LogP contribution in [0.25, 0.3) is 6.08 Å². The number of thiocarbonyl (C=S) groups is 1. The molecule has 0 unspecified atom stereocenters. The van der Waals surface area contributed by atoms with Crippen molar-refractivity contribution in [2.45, 2.75) is 66.0 Å². The molecule has 9 heteroatoms. The van der Waals surface area contributed by atoms with Gasteiger partial charge in [0, 0.05) is 51.4 Å². The maximum absolute atomic E-state index is 13.5. The van der Waals surface area contributed by atoms with Crippen molar-refractivity contribution < 1.29 is 4.79 Å². The van der Waals surface area contributed by atoms with Crippen LogP contribution in [0.5, 0.6) is 0 Å². The molecule has 0 atom stereocenters. The Morgan fingerprint density at radius 3 is 2.38 bits per heavy atom. The normalized spacial score (nSPS) is 17.2. The number of carbonyl (C=O) groups excluding carboxylic acids is 1. The van der Waals surface area contributed by atoms with Crippen molar-refractivity contribution in [2.75, 3.05) is 37.6 Å². The van der Waals surface area contributed by atoms with E-state index in [9.17, 15) is 14.9 Å². The number of unbranched alkanes of at least 4 members (excludes halogenated alkanes) is 3. The molecule has 2 aliphatic heterocycles. The monoisotopic (exact) mass is 577 g/mol. The van der Waals surface area contributed by atoms with Gasteiger partial charge < -0.3 is 4.90 Å². The number of benzene rings is 1. The molecular formula is C31H39N5O2S2. The van der Waals surface area contributed by atoms with Crippen molar-refractivity contribution in [3.8, 4) is 6.07 Å². The van der Waals surface area contributed by atoms with Gasteiger partial charge in [-0.25, -0.2) is 0 Å². The smallest absolute Gasteiger partial charge is 0.270 e. The first-order valence-electron chi connectivity index (χ1n) is 14.3. The van der Waals surface area contributed by atoms with E-state index >= 15 is 0 Å². The molecule has 2 saturated heterocycles.